The van der Waals surface area contributed by atoms with E-state index in [1.807, 2.05) is 35.3 Å². The average molecular weight is 273 g/mol. The van der Waals surface area contributed by atoms with Gasteiger partial charge in [-0.05, 0) is 24.9 Å². The Labute approximate surface area is 120 Å². The number of para-hydroxylation sites is 1. The van der Waals surface area contributed by atoms with Crippen molar-refractivity contribution in [2.24, 2.45) is 11.7 Å². The molecule has 1 aromatic carbocycles. The lowest BCUT2D eigenvalue weighted by molar-refractivity contribution is 0.272. The summed E-state index contributed by atoms with van der Waals surface area (Å²) in [6.45, 7) is 6.55. The lowest BCUT2D eigenvalue weighted by Crippen LogP contribution is -2.06. The number of aryl methyl sites for hydroxylation is 1. The van der Waals surface area contributed by atoms with Crippen LogP contribution in [0.1, 0.15) is 20.3 Å². The molecule has 0 fully saturated rings. The van der Waals surface area contributed by atoms with Crippen LogP contribution in [0.15, 0.2) is 36.7 Å². The Morgan fingerprint density at radius 1 is 1.30 bits per heavy atom. The van der Waals surface area contributed by atoms with Crippen molar-refractivity contribution in [2.45, 2.75) is 26.8 Å². The van der Waals surface area contributed by atoms with Crippen LogP contribution in [-0.2, 0) is 6.54 Å². The fraction of sp³-hybridized carbons (Fsp3) is 0.438. The lowest BCUT2D eigenvalue weighted by Gasteiger charge is -2.12. The number of aromatic nitrogens is 2. The van der Waals surface area contributed by atoms with Gasteiger partial charge in [-0.2, -0.15) is 5.10 Å². The molecule has 0 saturated heterocycles. The summed E-state index contributed by atoms with van der Waals surface area (Å²) in [6, 6.07) is 8.10. The van der Waals surface area contributed by atoms with Gasteiger partial charge < -0.3 is 10.5 Å². The molecule has 0 radical (unpaired) electrons. The van der Waals surface area contributed by atoms with Crippen LogP contribution in [-0.4, -0.2) is 22.9 Å². The highest BCUT2D eigenvalue weighted by Crippen LogP contribution is 2.29. The monoisotopic (exact) mass is 273 g/mol. The van der Waals surface area contributed by atoms with Crippen molar-refractivity contribution in [3.05, 3.63) is 36.7 Å². The maximum Gasteiger partial charge on any atom is 0.127 e. The number of rotatable bonds is 7. The van der Waals surface area contributed by atoms with Crippen LogP contribution in [0.25, 0.3) is 11.1 Å². The molecule has 2 N–H and O–H groups in total. The summed E-state index contributed by atoms with van der Waals surface area (Å²) in [7, 11) is 0. The average Bonchev–Trinajstić information content (AvgIpc) is 2.92. The van der Waals surface area contributed by atoms with E-state index < -0.39 is 0 Å². The molecule has 0 amide bonds. The molecule has 2 aromatic rings. The van der Waals surface area contributed by atoms with Gasteiger partial charge in [-0.3, -0.25) is 4.68 Å². The lowest BCUT2D eigenvalue weighted by atomic mass is 10.1. The smallest absolute Gasteiger partial charge is 0.127 e. The van der Waals surface area contributed by atoms with Crippen LogP contribution in [0.5, 0.6) is 5.75 Å². The summed E-state index contributed by atoms with van der Waals surface area (Å²) >= 11 is 0. The minimum atomic E-state index is 0.510. The standard InChI is InChI=1S/C16H23N3O/c1-13(2)12-20-16-7-4-3-6-15(16)14-10-18-19(11-14)9-5-8-17/h3-4,6-7,10-11,13H,5,8-9,12,17H2,1-2H3. The Bertz CT molecular complexity index is 534. The molecule has 0 bridgehead atoms. The predicted octanol–water partition coefficient (Wildman–Crippen LogP) is 2.93. The van der Waals surface area contributed by atoms with E-state index in [2.05, 4.69) is 25.0 Å². The molecule has 0 aliphatic heterocycles. The first-order chi connectivity index (χ1) is 9.70. The van der Waals surface area contributed by atoms with Crippen molar-refractivity contribution < 1.29 is 4.74 Å². The Balaban J connectivity index is 2.16. The van der Waals surface area contributed by atoms with E-state index in [4.69, 9.17) is 10.5 Å². The molecular formula is C16H23N3O. The van der Waals surface area contributed by atoms with E-state index in [1.54, 1.807) is 0 Å². The topological polar surface area (TPSA) is 53.1 Å². The third-order valence-electron chi connectivity index (χ3n) is 2.99. The van der Waals surface area contributed by atoms with Gasteiger partial charge in [0.1, 0.15) is 5.75 Å². The summed E-state index contributed by atoms with van der Waals surface area (Å²) in [5.41, 5.74) is 7.70. The van der Waals surface area contributed by atoms with Crippen molar-refractivity contribution in [1.29, 1.82) is 0 Å². The third kappa shape index (κ3) is 3.84. The molecule has 0 atom stereocenters. The molecule has 2 rings (SSSR count). The Morgan fingerprint density at radius 2 is 2.10 bits per heavy atom. The van der Waals surface area contributed by atoms with Gasteiger partial charge in [0.05, 0.1) is 12.8 Å². The molecule has 1 heterocycles. The second-order valence-corrected chi connectivity index (χ2v) is 5.34. The third-order valence-corrected chi connectivity index (χ3v) is 2.99. The first-order valence-corrected chi connectivity index (χ1v) is 7.15. The Hall–Kier alpha value is -1.81. The fourth-order valence-electron chi connectivity index (χ4n) is 1.97. The summed E-state index contributed by atoms with van der Waals surface area (Å²) in [5.74, 6) is 1.43. The van der Waals surface area contributed by atoms with E-state index in [9.17, 15) is 0 Å². The summed E-state index contributed by atoms with van der Waals surface area (Å²) < 4.78 is 7.82. The van der Waals surface area contributed by atoms with E-state index in [-0.39, 0.29) is 0 Å². The highest BCUT2D eigenvalue weighted by molar-refractivity contribution is 5.69. The van der Waals surface area contributed by atoms with Crippen LogP contribution in [0.3, 0.4) is 0 Å². The Kier molecular flexibility index (Phi) is 5.18. The van der Waals surface area contributed by atoms with Gasteiger partial charge in [-0.25, -0.2) is 0 Å². The minimum absolute atomic E-state index is 0.510. The number of nitrogens with two attached hydrogens (primary N) is 1. The number of hydrogen-bond acceptors (Lipinski definition) is 3. The van der Waals surface area contributed by atoms with Crippen molar-refractivity contribution in [1.82, 2.24) is 9.78 Å². The first kappa shape index (κ1) is 14.6. The molecule has 0 unspecified atom stereocenters. The molecular weight excluding hydrogens is 250 g/mol. The largest absolute Gasteiger partial charge is 0.493 e. The molecule has 4 nitrogen and oxygen atoms in total. The van der Waals surface area contributed by atoms with E-state index in [0.29, 0.717) is 12.5 Å². The zero-order chi connectivity index (χ0) is 14.4. The molecule has 0 aliphatic rings. The summed E-state index contributed by atoms with van der Waals surface area (Å²) in [5, 5.41) is 4.37. The van der Waals surface area contributed by atoms with E-state index in [0.717, 1.165) is 36.4 Å². The van der Waals surface area contributed by atoms with Gasteiger partial charge in [0.25, 0.3) is 0 Å². The van der Waals surface area contributed by atoms with Gasteiger partial charge in [0.2, 0.25) is 0 Å². The van der Waals surface area contributed by atoms with Crippen LogP contribution in [0, 0.1) is 5.92 Å². The molecule has 108 valence electrons. The van der Waals surface area contributed by atoms with Gasteiger partial charge in [0.15, 0.2) is 0 Å². The Morgan fingerprint density at radius 3 is 2.85 bits per heavy atom. The number of ether oxygens (including phenoxy) is 1. The van der Waals surface area contributed by atoms with Gasteiger partial charge in [-0.1, -0.05) is 32.0 Å². The number of benzene rings is 1. The van der Waals surface area contributed by atoms with E-state index in [1.165, 1.54) is 0 Å². The van der Waals surface area contributed by atoms with Gasteiger partial charge >= 0.3 is 0 Å². The SMILES string of the molecule is CC(C)COc1ccccc1-c1cnn(CCCN)c1. The minimum Gasteiger partial charge on any atom is -0.493 e. The quantitative estimate of drug-likeness (QED) is 0.844. The normalized spacial score (nSPS) is 11.0. The molecule has 20 heavy (non-hydrogen) atoms. The van der Waals surface area contributed by atoms with Gasteiger partial charge in [-0.15, -0.1) is 0 Å². The second-order valence-electron chi connectivity index (χ2n) is 5.34. The number of hydrogen-bond donors (Lipinski definition) is 1. The molecule has 0 spiro atoms. The zero-order valence-electron chi connectivity index (χ0n) is 12.2. The second kappa shape index (κ2) is 7.10. The summed E-state index contributed by atoms with van der Waals surface area (Å²) in [6.07, 6.45) is 4.87. The maximum atomic E-state index is 5.89. The first-order valence-electron chi connectivity index (χ1n) is 7.15. The van der Waals surface area contributed by atoms with Crippen molar-refractivity contribution in [2.75, 3.05) is 13.2 Å². The van der Waals surface area contributed by atoms with Crippen LogP contribution in [0.4, 0.5) is 0 Å². The summed E-state index contributed by atoms with van der Waals surface area (Å²) in [4.78, 5) is 0. The molecule has 4 heteroatoms. The molecule has 0 aliphatic carbocycles. The van der Waals surface area contributed by atoms with Gasteiger partial charge in [0, 0.05) is 23.9 Å². The van der Waals surface area contributed by atoms with Crippen LogP contribution < -0.4 is 10.5 Å². The van der Waals surface area contributed by atoms with Crippen LogP contribution in [0.2, 0.25) is 0 Å². The predicted molar refractivity (Wildman–Crippen MR) is 81.7 cm³/mol. The molecule has 0 saturated carbocycles. The van der Waals surface area contributed by atoms with Crippen molar-refractivity contribution in [3.8, 4) is 16.9 Å². The highest BCUT2D eigenvalue weighted by atomic mass is 16.5. The van der Waals surface area contributed by atoms with Crippen molar-refractivity contribution in [3.63, 3.8) is 0 Å². The van der Waals surface area contributed by atoms with E-state index >= 15 is 0 Å². The zero-order valence-corrected chi connectivity index (χ0v) is 12.2. The highest BCUT2D eigenvalue weighted by Gasteiger charge is 2.08. The fourth-order valence-corrected chi connectivity index (χ4v) is 1.97. The van der Waals surface area contributed by atoms with Crippen LogP contribution >= 0.6 is 0 Å². The molecule has 1 aromatic heterocycles. The van der Waals surface area contributed by atoms with Crippen molar-refractivity contribution >= 4 is 0 Å². The number of nitrogens with zero attached hydrogens (tertiary/aromatic N) is 2. The maximum absolute atomic E-state index is 5.89.